The lowest BCUT2D eigenvalue weighted by atomic mass is 10.2. The van der Waals surface area contributed by atoms with Crippen molar-refractivity contribution in [3.05, 3.63) is 46.6 Å². The van der Waals surface area contributed by atoms with E-state index >= 15 is 0 Å². The number of rotatable bonds is 3. The van der Waals surface area contributed by atoms with Gasteiger partial charge in [0.25, 0.3) is 5.91 Å². The lowest BCUT2D eigenvalue weighted by Gasteiger charge is -2.04. The second-order valence-electron chi connectivity index (χ2n) is 3.51. The van der Waals surface area contributed by atoms with Crippen LogP contribution >= 0.6 is 11.6 Å². The van der Waals surface area contributed by atoms with Crippen LogP contribution in [0, 0.1) is 0 Å². The van der Waals surface area contributed by atoms with E-state index in [1.807, 2.05) is 12.1 Å². The van der Waals surface area contributed by atoms with Gasteiger partial charge in [0.05, 0.1) is 6.20 Å². The van der Waals surface area contributed by atoms with Crippen molar-refractivity contribution >= 4 is 23.3 Å². The molecule has 6 heteroatoms. The van der Waals surface area contributed by atoms with E-state index in [2.05, 4.69) is 15.5 Å². The predicted molar refractivity (Wildman–Crippen MR) is 65.6 cm³/mol. The number of nitrogens with zero attached hydrogens (tertiary/aromatic N) is 1. The Kier molecular flexibility index (Phi) is 3.30. The van der Waals surface area contributed by atoms with E-state index in [1.54, 1.807) is 12.1 Å². The van der Waals surface area contributed by atoms with E-state index in [0.717, 1.165) is 5.56 Å². The van der Waals surface area contributed by atoms with Crippen molar-refractivity contribution in [3.63, 3.8) is 0 Å². The van der Waals surface area contributed by atoms with E-state index < -0.39 is 0 Å². The smallest absolute Gasteiger partial charge is 0.256 e. The second-order valence-corrected chi connectivity index (χ2v) is 3.95. The fourth-order valence-corrected chi connectivity index (χ4v) is 1.61. The zero-order chi connectivity index (χ0) is 12.3. The molecule has 1 aromatic heterocycles. The van der Waals surface area contributed by atoms with Crippen LogP contribution in [0.3, 0.4) is 0 Å². The summed E-state index contributed by atoms with van der Waals surface area (Å²) in [5.41, 5.74) is 6.80. The Morgan fingerprint density at radius 2 is 2.35 bits per heavy atom. The van der Waals surface area contributed by atoms with Crippen molar-refractivity contribution in [1.82, 2.24) is 15.5 Å². The van der Waals surface area contributed by atoms with Gasteiger partial charge in [-0.25, -0.2) is 0 Å². The zero-order valence-corrected chi connectivity index (χ0v) is 9.66. The number of nitrogen functional groups attached to an aromatic ring is 1. The first-order valence-electron chi connectivity index (χ1n) is 4.98. The van der Waals surface area contributed by atoms with Crippen LogP contribution in [-0.4, -0.2) is 16.1 Å². The van der Waals surface area contributed by atoms with Crippen LogP contribution < -0.4 is 11.1 Å². The molecule has 2 aromatic rings. The van der Waals surface area contributed by atoms with Gasteiger partial charge in [0.2, 0.25) is 0 Å². The molecule has 0 bridgehead atoms. The Labute approximate surface area is 103 Å². The molecule has 5 nitrogen and oxygen atoms in total. The Morgan fingerprint density at radius 3 is 3.00 bits per heavy atom. The minimum atomic E-state index is -0.267. The van der Waals surface area contributed by atoms with E-state index in [-0.39, 0.29) is 11.7 Å². The highest BCUT2D eigenvalue weighted by atomic mass is 35.5. The van der Waals surface area contributed by atoms with Gasteiger partial charge in [-0.15, -0.1) is 0 Å². The number of hydrogen-bond donors (Lipinski definition) is 3. The number of hydrogen-bond acceptors (Lipinski definition) is 3. The summed E-state index contributed by atoms with van der Waals surface area (Å²) in [5, 5.41) is 9.55. The molecule has 0 saturated carbocycles. The molecular formula is C11H11ClN4O. The van der Waals surface area contributed by atoms with E-state index in [9.17, 15) is 4.79 Å². The van der Waals surface area contributed by atoms with Gasteiger partial charge in [-0.05, 0) is 17.7 Å². The number of anilines is 1. The molecule has 17 heavy (non-hydrogen) atoms. The van der Waals surface area contributed by atoms with Crippen molar-refractivity contribution < 1.29 is 4.79 Å². The van der Waals surface area contributed by atoms with E-state index in [0.29, 0.717) is 17.1 Å². The van der Waals surface area contributed by atoms with Gasteiger partial charge in [-0.2, -0.15) is 5.10 Å². The van der Waals surface area contributed by atoms with Crippen LogP contribution in [0.25, 0.3) is 0 Å². The molecule has 0 radical (unpaired) electrons. The number of carbonyl (C=O) groups is 1. The molecule has 0 unspecified atom stereocenters. The third-order valence-electron chi connectivity index (χ3n) is 2.26. The molecule has 1 heterocycles. The molecule has 4 N–H and O–H groups in total. The monoisotopic (exact) mass is 250 g/mol. The number of carbonyl (C=O) groups excluding carboxylic acids is 1. The zero-order valence-electron chi connectivity index (χ0n) is 8.90. The van der Waals surface area contributed by atoms with Crippen LogP contribution in [0.15, 0.2) is 30.5 Å². The first-order valence-corrected chi connectivity index (χ1v) is 5.36. The lowest BCUT2D eigenvalue weighted by molar-refractivity contribution is 0.0952. The Hall–Kier alpha value is -2.01. The third-order valence-corrected chi connectivity index (χ3v) is 2.49. The van der Waals surface area contributed by atoms with Crippen LogP contribution in [0.5, 0.6) is 0 Å². The maximum Gasteiger partial charge on any atom is 0.256 e. The largest absolute Gasteiger partial charge is 0.383 e. The fraction of sp³-hybridized carbons (Fsp3) is 0.0909. The molecule has 0 aliphatic heterocycles. The molecular weight excluding hydrogens is 240 g/mol. The van der Waals surface area contributed by atoms with Crippen LogP contribution in [0.4, 0.5) is 5.82 Å². The summed E-state index contributed by atoms with van der Waals surface area (Å²) in [7, 11) is 0. The molecule has 0 atom stereocenters. The van der Waals surface area contributed by atoms with Crippen molar-refractivity contribution in [1.29, 1.82) is 0 Å². The van der Waals surface area contributed by atoms with Gasteiger partial charge in [-0.1, -0.05) is 23.7 Å². The summed E-state index contributed by atoms with van der Waals surface area (Å²) in [6, 6.07) is 7.28. The Morgan fingerprint density at radius 1 is 1.53 bits per heavy atom. The van der Waals surface area contributed by atoms with Gasteiger partial charge in [0.1, 0.15) is 11.4 Å². The van der Waals surface area contributed by atoms with Gasteiger partial charge >= 0.3 is 0 Å². The van der Waals surface area contributed by atoms with E-state index in [1.165, 1.54) is 6.20 Å². The van der Waals surface area contributed by atoms with E-state index in [4.69, 9.17) is 17.3 Å². The van der Waals surface area contributed by atoms with Gasteiger partial charge < -0.3 is 11.1 Å². The van der Waals surface area contributed by atoms with Gasteiger partial charge in [-0.3, -0.25) is 9.89 Å². The SMILES string of the molecule is Nc1[nH]ncc1C(=O)NCc1cccc(Cl)c1. The summed E-state index contributed by atoms with van der Waals surface area (Å²) >= 11 is 5.84. The molecule has 88 valence electrons. The number of halogens is 1. The molecule has 2 rings (SSSR count). The minimum absolute atomic E-state index is 0.258. The van der Waals surface area contributed by atoms with Crippen molar-refractivity contribution in [3.8, 4) is 0 Å². The third kappa shape index (κ3) is 2.76. The number of nitrogens with one attached hydrogen (secondary N) is 2. The Bertz CT molecular complexity index is 538. The summed E-state index contributed by atoms with van der Waals surface area (Å²) in [4.78, 5) is 11.7. The predicted octanol–water partition coefficient (Wildman–Crippen LogP) is 1.58. The minimum Gasteiger partial charge on any atom is -0.383 e. The molecule has 0 saturated heterocycles. The molecule has 0 aliphatic carbocycles. The Balaban J connectivity index is 1.99. The quantitative estimate of drug-likeness (QED) is 0.773. The number of aromatic amines is 1. The summed E-state index contributed by atoms with van der Waals surface area (Å²) in [6.45, 7) is 0.393. The highest BCUT2D eigenvalue weighted by molar-refractivity contribution is 6.30. The molecule has 1 aromatic carbocycles. The number of benzene rings is 1. The average Bonchev–Trinajstić information content (AvgIpc) is 2.72. The summed E-state index contributed by atoms with van der Waals surface area (Å²) < 4.78 is 0. The average molecular weight is 251 g/mol. The lowest BCUT2D eigenvalue weighted by Crippen LogP contribution is -2.23. The first-order chi connectivity index (χ1) is 8.16. The number of amides is 1. The van der Waals surface area contributed by atoms with Crippen LogP contribution in [0.1, 0.15) is 15.9 Å². The molecule has 0 spiro atoms. The summed E-state index contributed by atoms with van der Waals surface area (Å²) in [6.07, 6.45) is 1.39. The van der Waals surface area contributed by atoms with Crippen molar-refractivity contribution in [2.24, 2.45) is 0 Å². The molecule has 1 amide bonds. The number of aromatic nitrogens is 2. The summed E-state index contributed by atoms with van der Waals surface area (Å²) in [5.74, 6) is -0.00943. The standard InChI is InChI=1S/C11H11ClN4O/c12-8-3-1-2-7(4-8)5-14-11(17)9-6-15-16-10(9)13/h1-4,6H,5H2,(H,14,17)(H3,13,15,16). The van der Waals surface area contributed by atoms with Crippen LogP contribution in [-0.2, 0) is 6.54 Å². The van der Waals surface area contributed by atoms with Gasteiger partial charge in [0, 0.05) is 11.6 Å². The maximum atomic E-state index is 11.7. The van der Waals surface area contributed by atoms with Crippen molar-refractivity contribution in [2.45, 2.75) is 6.54 Å². The normalized spacial score (nSPS) is 10.2. The number of nitrogens with two attached hydrogens (primary N) is 1. The maximum absolute atomic E-state index is 11.7. The van der Waals surface area contributed by atoms with Gasteiger partial charge in [0.15, 0.2) is 0 Å². The number of H-pyrrole nitrogens is 1. The topological polar surface area (TPSA) is 83.8 Å². The first kappa shape index (κ1) is 11.5. The molecule has 0 aliphatic rings. The fourth-order valence-electron chi connectivity index (χ4n) is 1.40. The van der Waals surface area contributed by atoms with Crippen LogP contribution in [0.2, 0.25) is 5.02 Å². The molecule has 0 fully saturated rings. The highest BCUT2D eigenvalue weighted by Crippen LogP contribution is 2.11. The van der Waals surface area contributed by atoms with Crippen molar-refractivity contribution in [2.75, 3.05) is 5.73 Å². The highest BCUT2D eigenvalue weighted by Gasteiger charge is 2.10. The second kappa shape index (κ2) is 4.88.